The van der Waals surface area contributed by atoms with Crippen molar-refractivity contribution in [2.24, 2.45) is 0 Å². The molecular weight excluding hydrogens is 236 g/mol. The third-order valence-electron chi connectivity index (χ3n) is 3.91. The second-order valence-electron chi connectivity index (χ2n) is 4.81. The molecule has 2 rings (SSSR count). The Morgan fingerprint density at radius 1 is 0.889 bits per heavy atom. The molecule has 18 heavy (non-hydrogen) atoms. The van der Waals surface area contributed by atoms with Gasteiger partial charge in [0.2, 0.25) is 0 Å². The largest absolute Gasteiger partial charge is 0.424 e. The molecule has 94 valence electrons. The Bertz CT molecular complexity index is 441. The highest BCUT2D eigenvalue weighted by Crippen LogP contribution is 2.36. The molecule has 0 radical (unpaired) electrons. The molecular formula is C16H20OSi. The molecule has 0 bridgehead atoms. The molecule has 0 spiro atoms. The number of rotatable bonds is 4. The molecule has 2 aromatic rings. The first kappa shape index (κ1) is 13.1. The zero-order valence-corrected chi connectivity index (χ0v) is 13.3. The maximum Gasteiger partial charge on any atom is 0.146 e. The van der Waals surface area contributed by atoms with E-state index in [1.54, 1.807) is 0 Å². The van der Waals surface area contributed by atoms with Crippen molar-refractivity contribution in [3.8, 4) is 0 Å². The van der Waals surface area contributed by atoms with Crippen molar-refractivity contribution in [2.45, 2.75) is 25.4 Å². The van der Waals surface area contributed by atoms with E-state index in [2.05, 4.69) is 74.5 Å². The molecule has 0 aliphatic rings. The molecule has 1 nitrogen and oxygen atoms in total. The fourth-order valence-corrected chi connectivity index (χ4v) is 2.91. The maximum absolute atomic E-state index is 5.76. The van der Waals surface area contributed by atoms with Crippen LogP contribution in [0.4, 0.5) is 0 Å². The first-order chi connectivity index (χ1) is 8.69. The van der Waals surface area contributed by atoms with E-state index in [1.165, 1.54) is 11.1 Å². The SMILES string of the molecule is CC(O[SiH3])C(C)(c1ccccc1)c1ccccc1. The summed E-state index contributed by atoms with van der Waals surface area (Å²) >= 11 is 0. The van der Waals surface area contributed by atoms with Gasteiger partial charge in [0.1, 0.15) is 10.5 Å². The Morgan fingerprint density at radius 3 is 1.61 bits per heavy atom. The van der Waals surface area contributed by atoms with Gasteiger partial charge in [-0.05, 0) is 25.0 Å². The van der Waals surface area contributed by atoms with Crippen molar-refractivity contribution in [3.63, 3.8) is 0 Å². The van der Waals surface area contributed by atoms with Crippen LogP contribution in [-0.4, -0.2) is 16.6 Å². The van der Waals surface area contributed by atoms with Crippen molar-refractivity contribution in [2.75, 3.05) is 0 Å². The third-order valence-corrected chi connectivity index (χ3v) is 4.62. The van der Waals surface area contributed by atoms with Crippen molar-refractivity contribution in [1.82, 2.24) is 0 Å². The summed E-state index contributed by atoms with van der Waals surface area (Å²) in [7, 11) is 0.756. The highest BCUT2D eigenvalue weighted by molar-refractivity contribution is 5.98. The Balaban J connectivity index is 2.55. The number of hydrogen-bond donors (Lipinski definition) is 0. The number of benzene rings is 2. The van der Waals surface area contributed by atoms with Crippen LogP contribution in [0, 0.1) is 0 Å². The van der Waals surface area contributed by atoms with E-state index in [-0.39, 0.29) is 11.5 Å². The quantitative estimate of drug-likeness (QED) is 0.764. The van der Waals surface area contributed by atoms with Crippen molar-refractivity contribution >= 4 is 10.5 Å². The second-order valence-corrected chi connectivity index (χ2v) is 5.28. The molecule has 2 aromatic carbocycles. The molecule has 0 saturated carbocycles. The lowest BCUT2D eigenvalue weighted by molar-refractivity contribution is 0.170. The summed E-state index contributed by atoms with van der Waals surface area (Å²) in [5, 5.41) is 0. The van der Waals surface area contributed by atoms with Gasteiger partial charge in [0.25, 0.3) is 0 Å². The highest BCUT2D eigenvalue weighted by Gasteiger charge is 2.34. The lowest BCUT2D eigenvalue weighted by Gasteiger charge is -2.36. The summed E-state index contributed by atoms with van der Waals surface area (Å²) in [6.07, 6.45) is 0.175. The van der Waals surface area contributed by atoms with Crippen LogP contribution in [0.1, 0.15) is 25.0 Å². The van der Waals surface area contributed by atoms with E-state index in [0.717, 1.165) is 10.5 Å². The van der Waals surface area contributed by atoms with Crippen LogP contribution >= 0.6 is 0 Å². The van der Waals surface area contributed by atoms with Gasteiger partial charge < -0.3 is 4.43 Å². The van der Waals surface area contributed by atoms with Gasteiger partial charge in [-0.2, -0.15) is 0 Å². The van der Waals surface area contributed by atoms with Gasteiger partial charge in [0.15, 0.2) is 0 Å². The van der Waals surface area contributed by atoms with E-state index in [9.17, 15) is 0 Å². The second kappa shape index (κ2) is 5.51. The van der Waals surface area contributed by atoms with E-state index in [4.69, 9.17) is 4.43 Å². The molecule has 0 aromatic heterocycles. The van der Waals surface area contributed by atoms with Crippen molar-refractivity contribution in [3.05, 3.63) is 71.8 Å². The van der Waals surface area contributed by atoms with Crippen LogP contribution in [-0.2, 0) is 9.84 Å². The zero-order valence-electron chi connectivity index (χ0n) is 11.3. The fraction of sp³-hybridized carbons (Fsp3) is 0.250. The average molecular weight is 256 g/mol. The summed E-state index contributed by atoms with van der Waals surface area (Å²) in [6.45, 7) is 4.42. The lowest BCUT2D eigenvalue weighted by atomic mass is 9.72. The first-order valence-corrected chi connectivity index (χ1v) is 7.15. The lowest BCUT2D eigenvalue weighted by Crippen LogP contribution is -2.37. The molecule has 0 aliphatic carbocycles. The van der Waals surface area contributed by atoms with Crippen LogP contribution in [0.15, 0.2) is 60.7 Å². The predicted octanol–water partition coefficient (Wildman–Crippen LogP) is 2.68. The Morgan fingerprint density at radius 2 is 1.28 bits per heavy atom. The highest BCUT2D eigenvalue weighted by atomic mass is 28.2. The zero-order chi connectivity index (χ0) is 13.0. The molecule has 0 aliphatic heterocycles. The van der Waals surface area contributed by atoms with Gasteiger partial charge in [0, 0.05) is 5.41 Å². The van der Waals surface area contributed by atoms with Crippen LogP contribution in [0.2, 0.25) is 0 Å². The molecule has 1 unspecified atom stereocenters. The van der Waals surface area contributed by atoms with Crippen molar-refractivity contribution in [1.29, 1.82) is 0 Å². The minimum Gasteiger partial charge on any atom is -0.424 e. The molecule has 1 atom stereocenters. The molecule has 0 fully saturated rings. The first-order valence-electron chi connectivity index (χ1n) is 6.33. The van der Waals surface area contributed by atoms with Gasteiger partial charge in [-0.25, -0.2) is 0 Å². The predicted molar refractivity (Wildman–Crippen MR) is 79.8 cm³/mol. The van der Waals surface area contributed by atoms with Crippen LogP contribution in [0.3, 0.4) is 0 Å². The summed E-state index contributed by atoms with van der Waals surface area (Å²) in [5.41, 5.74) is 2.52. The van der Waals surface area contributed by atoms with E-state index in [0.29, 0.717) is 0 Å². The molecule has 0 heterocycles. The number of hydrogen-bond acceptors (Lipinski definition) is 1. The fourth-order valence-electron chi connectivity index (χ4n) is 2.44. The average Bonchev–Trinajstić information content (AvgIpc) is 2.47. The Hall–Kier alpha value is -1.38. The maximum atomic E-state index is 5.76. The van der Waals surface area contributed by atoms with Gasteiger partial charge in [-0.1, -0.05) is 60.7 Å². The van der Waals surface area contributed by atoms with E-state index < -0.39 is 0 Å². The molecule has 0 amide bonds. The topological polar surface area (TPSA) is 9.23 Å². The Labute approximate surface area is 112 Å². The smallest absolute Gasteiger partial charge is 0.146 e. The summed E-state index contributed by atoms with van der Waals surface area (Å²) < 4.78 is 5.76. The normalized spacial score (nSPS) is 13.4. The molecule has 0 N–H and O–H groups in total. The van der Waals surface area contributed by atoms with Gasteiger partial charge in [-0.3, -0.25) is 0 Å². The minimum absolute atomic E-state index is 0.0930. The standard InChI is InChI=1S/C16H20OSi/c1-13(17-18)16(2,14-9-5-3-6-10-14)15-11-7-4-8-12-15/h3-13H,1-2,18H3. The van der Waals surface area contributed by atoms with Gasteiger partial charge >= 0.3 is 0 Å². The summed E-state index contributed by atoms with van der Waals surface area (Å²) in [4.78, 5) is 0. The summed E-state index contributed by atoms with van der Waals surface area (Å²) in [5.74, 6) is 0. The van der Waals surface area contributed by atoms with Crippen LogP contribution in [0.25, 0.3) is 0 Å². The van der Waals surface area contributed by atoms with E-state index in [1.807, 2.05) is 0 Å². The van der Waals surface area contributed by atoms with Gasteiger partial charge in [0.05, 0.1) is 6.10 Å². The van der Waals surface area contributed by atoms with Gasteiger partial charge in [-0.15, -0.1) is 0 Å². The minimum atomic E-state index is -0.0930. The van der Waals surface area contributed by atoms with Crippen LogP contribution in [0.5, 0.6) is 0 Å². The van der Waals surface area contributed by atoms with Crippen LogP contribution < -0.4 is 0 Å². The molecule has 2 heteroatoms. The monoisotopic (exact) mass is 256 g/mol. The molecule has 0 saturated heterocycles. The van der Waals surface area contributed by atoms with Crippen molar-refractivity contribution < 1.29 is 4.43 Å². The Kier molecular flexibility index (Phi) is 3.99. The summed E-state index contributed by atoms with van der Waals surface area (Å²) in [6, 6.07) is 21.2. The third kappa shape index (κ3) is 2.26. The van der Waals surface area contributed by atoms with E-state index >= 15 is 0 Å².